The van der Waals surface area contributed by atoms with Gasteiger partial charge in [-0.3, -0.25) is 9.69 Å². The second-order valence-corrected chi connectivity index (χ2v) is 16.9. The third-order valence-electron chi connectivity index (χ3n) is 9.39. The van der Waals surface area contributed by atoms with Gasteiger partial charge in [-0.25, -0.2) is 4.79 Å². The highest BCUT2D eigenvalue weighted by molar-refractivity contribution is 6.98. The Kier molecular flexibility index (Phi) is 11.6. The maximum atomic E-state index is 13.8. The van der Waals surface area contributed by atoms with Gasteiger partial charge in [0.15, 0.2) is 0 Å². The molecule has 8 heteroatoms. The van der Waals surface area contributed by atoms with Crippen LogP contribution in [0.2, 0.25) is 5.04 Å². The summed E-state index contributed by atoms with van der Waals surface area (Å²) in [6, 6.07) is 32.3. The number of hydrogen-bond acceptors (Lipinski definition) is 5. The molecule has 0 saturated heterocycles. The number of amides is 2. The van der Waals surface area contributed by atoms with Crippen molar-refractivity contribution in [2.45, 2.75) is 70.7 Å². The molecule has 0 aliphatic rings. The number of carbonyl (C=O) groups is 2. The Morgan fingerprint density at radius 3 is 1.89 bits per heavy atom. The van der Waals surface area contributed by atoms with E-state index in [9.17, 15) is 14.4 Å². The SMILES string of the molecule is C[C@H](CCCC(C)(C)[Si](O)(c1ccccc1)c1ccccc1)[C@@H](c1ccco1)N(C)C(=O)[C@@H](C)N(C)C(=O)OCc1ccccc1. The molecule has 7 nitrogen and oxygen atoms in total. The van der Waals surface area contributed by atoms with Crippen molar-refractivity contribution in [1.82, 2.24) is 9.80 Å². The van der Waals surface area contributed by atoms with Gasteiger partial charge in [-0.15, -0.1) is 0 Å². The van der Waals surface area contributed by atoms with Gasteiger partial charge < -0.3 is 18.8 Å². The molecule has 0 bridgehead atoms. The highest BCUT2D eigenvalue weighted by Gasteiger charge is 2.49. The summed E-state index contributed by atoms with van der Waals surface area (Å²) in [5.74, 6) is 0.535. The van der Waals surface area contributed by atoms with Crippen molar-refractivity contribution in [2.75, 3.05) is 14.1 Å². The van der Waals surface area contributed by atoms with E-state index >= 15 is 0 Å². The molecule has 0 aliphatic carbocycles. The van der Waals surface area contributed by atoms with E-state index in [2.05, 4.69) is 20.8 Å². The van der Waals surface area contributed by atoms with E-state index in [-0.39, 0.29) is 29.5 Å². The minimum atomic E-state index is -3.12. The zero-order valence-corrected chi connectivity index (χ0v) is 28.9. The zero-order valence-electron chi connectivity index (χ0n) is 27.9. The van der Waals surface area contributed by atoms with E-state index in [0.29, 0.717) is 5.76 Å². The van der Waals surface area contributed by atoms with E-state index in [1.807, 2.05) is 103 Å². The minimum absolute atomic E-state index is 0.0432. The fourth-order valence-electron chi connectivity index (χ4n) is 6.40. The first-order chi connectivity index (χ1) is 22.0. The van der Waals surface area contributed by atoms with Crippen molar-refractivity contribution in [3.8, 4) is 0 Å². The van der Waals surface area contributed by atoms with E-state index in [1.54, 1.807) is 32.2 Å². The Labute approximate surface area is 274 Å². The maximum absolute atomic E-state index is 13.8. The van der Waals surface area contributed by atoms with Gasteiger partial charge in [-0.05, 0) is 58.8 Å². The summed E-state index contributed by atoms with van der Waals surface area (Å²) < 4.78 is 11.3. The number of carbonyl (C=O) groups excluding carboxylic acids is 2. The predicted octanol–water partition coefficient (Wildman–Crippen LogP) is 6.78. The van der Waals surface area contributed by atoms with Crippen LogP contribution >= 0.6 is 0 Å². The molecule has 0 spiro atoms. The topological polar surface area (TPSA) is 83.2 Å². The van der Waals surface area contributed by atoms with Crippen molar-refractivity contribution in [3.05, 3.63) is 121 Å². The van der Waals surface area contributed by atoms with Crippen molar-refractivity contribution in [3.63, 3.8) is 0 Å². The normalized spacial score (nSPS) is 13.8. The molecule has 1 N–H and O–H groups in total. The molecular formula is C38H48N2O5Si. The molecule has 2 amide bonds. The van der Waals surface area contributed by atoms with Crippen LogP contribution < -0.4 is 10.4 Å². The zero-order chi connectivity index (χ0) is 33.3. The number of hydrogen-bond donors (Lipinski definition) is 1. The summed E-state index contributed by atoms with van der Waals surface area (Å²) in [6.45, 7) is 8.34. The fourth-order valence-corrected chi connectivity index (χ4v) is 10.2. The summed E-state index contributed by atoms with van der Waals surface area (Å²) in [5.41, 5.74) is 0.879. The third kappa shape index (κ3) is 7.80. The Morgan fingerprint density at radius 1 is 0.826 bits per heavy atom. The summed E-state index contributed by atoms with van der Waals surface area (Å²) in [7, 11) is 0.234. The van der Waals surface area contributed by atoms with Crippen LogP contribution in [0.4, 0.5) is 4.79 Å². The third-order valence-corrected chi connectivity index (χ3v) is 13.9. The van der Waals surface area contributed by atoms with E-state index in [1.165, 1.54) is 4.90 Å². The summed E-state index contributed by atoms with van der Waals surface area (Å²) in [4.78, 5) is 42.2. The second kappa shape index (κ2) is 15.4. The Morgan fingerprint density at radius 2 is 1.37 bits per heavy atom. The van der Waals surface area contributed by atoms with Crippen LogP contribution in [-0.4, -0.2) is 55.1 Å². The first-order valence-corrected chi connectivity index (χ1v) is 18.0. The van der Waals surface area contributed by atoms with Gasteiger partial charge in [0, 0.05) is 14.1 Å². The van der Waals surface area contributed by atoms with Crippen LogP contribution in [0.5, 0.6) is 0 Å². The first kappa shape index (κ1) is 34.7. The van der Waals surface area contributed by atoms with E-state index in [0.717, 1.165) is 35.2 Å². The molecule has 0 aliphatic heterocycles. The summed E-state index contributed by atoms with van der Waals surface area (Å²) in [6.07, 6.45) is 3.53. The fraction of sp³-hybridized carbons (Fsp3) is 0.368. The smallest absolute Gasteiger partial charge is 0.410 e. The summed E-state index contributed by atoms with van der Waals surface area (Å²) >= 11 is 0. The Bertz CT molecular complexity index is 1470. The molecule has 0 saturated carbocycles. The number of ether oxygens (including phenoxy) is 1. The van der Waals surface area contributed by atoms with Gasteiger partial charge >= 0.3 is 6.09 Å². The van der Waals surface area contributed by atoms with Crippen molar-refractivity contribution >= 4 is 30.7 Å². The second-order valence-electron chi connectivity index (χ2n) is 12.9. The standard InChI is InChI=1S/C38H48N2O5Si/c1-29(18-16-26-38(3,4)46(43,32-21-12-8-13-22-32)33-23-14-9-15-24-33)35(34-25-17-27-44-34)40(6)36(41)30(2)39(5)37(42)45-28-31-19-10-7-11-20-31/h7-15,17,19-25,27,29-30,35,43H,16,18,26,28H2,1-6H3/t29-,30-,35+/m1/s1. The Balaban J connectivity index is 1.45. The molecule has 4 aromatic rings. The van der Waals surface area contributed by atoms with Crippen LogP contribution in [0.3, 0.4) is 0 Å². The molecule has 1 aromatic heterocycles. The number of nitrogens with zero attached hydrogens (tertiary/aromatic N) is 2. The van der Waals surface area contributed by atoms with Gasteiger partial charge in [0.2, 0.25) is 5.91 Å². The van der Waals surface area contributed by atoms with Crippen LogP contribution in [0.1, 0.15) is 64.3 Å². The molecule has 3 atom stereocenters. The minimum Gasteiger partial charge on any atom is -0.467 e. The van der Waals surface area contributed by atoms with Gasteiger partial charge in [0.1, 0.15) is 18.4 Å². The average Bonchev–Trinajstić information content (AvgIpc) is 3.61. The van der Waals surface area contributed by atoms with Crippen LogP contribution in [0.25, 0.3) is 0 Å². The lowest BCUT2D eigenvalue weighted by Crippen LogP contribution is -2.65. The van der Waals surface area contributed by atoms with Crippen molar-refractivity contribution in [1.29, 1.82) is 0 Å². The monoisotopic (exact) mass is 640 g/mol. The average molecular weight is 641 g/mol. The van der Waals surface area contributed by atoms with Crippen molar-refractivity contribution in [2.24, 2.45) is 5.92 Å². The molecular weight excluding hydrogens is 593 g/mol. The van der Waals surface area contributed by atoms with E-state index in [4.69, 9.17) is 9.15 Å². The first-order valence-electron chi connectivity index (χ1n) is 16.0. The molecule has 1 heterocycles. The number of benzene rings is 3. The quantitative estimate of drug-likeness (QED) is 0.154. The molecule has 244 valence electrons. The van der Waals surface area contributed by atoms with Gasteiger partial charge in [0.05, 0.1) is 12.3 Å². The van der Waals surface area contributed by atoms with Crippen LogP contribution in [-0.2, 0) is 16.1 Å². The Hall–Kier alpha value is -4.14. The van der Waals surface area contributed by atoms with Crippen molar-refractivity contribution < 1.29 is 23.5 Å². The predicted molar refractivity (Wildman–Crippen MR) is 185 cm³/mol. The van der Waals surface area contributed by atoms with Gasteiger partial charge in [-0.1, -0.05) is 118 Å². The molecule has 0 fully saturated rings. The maximum Gasteiger partial charge on any atom is 0.410 e. The lowest BCUT2D eigenvalue weighted by atomic mass is 9.90. The number of likely N-dealkylation sites (N-methyl/N-ethyl adjacent to an activating group) is 2. The highest BCUT2D eigenvalue weighted by Crippen LogP contribution is 2.42. The van der Waals surface area contributed by atoms with Gasteiger partial charge in [-0.2, -0.15) is 0 Å². The van der Waals surface area contributed by atoms with Gasteiger partial charge in [0.25, 0.3) is 8.32 Å². The number of furan rings is 1. The molecule has 0 radical (unpaired) electrons. The van der Waals surface area contributed by atoms with Crippen LogP contribution in [0.15, 0.2) is 114 Å². The lowest BCUT2D eigenvalue weighted by molar-refractivity contribution is -0.138. The molecule has 46 heavy (non-hydrogen) atoms. The molecule has 3 aromatic carbocycles. The largest absolute Gasteiger partial charge is 0.467 e. The number of rotatable bonds is 14. The highest BCUT2D eigenvalue weighted by atomic mass is 28.4. The van der Waals surface area contributed by atoms with E-state index < -0.39 is 20.5 Å². The summed E-state index contributed by atoms with van der Waals surface area (Å²) in [5, 5.41) is 1.63. The molecule has 4 rings (SSSR count). The lowest BCUT2D eigenvalue weighted by Gasteiger charge is -2.42. The molecule has 0 unspecified atom stereocenters. The van der Waals surface area contributed by atoms with Crippen LogP contribution in [0, 0.1) is 5.92 Å².